The molecule has 0 aliphatic rings. The van der Waals surface area contributed by atoms with E-state index in [0.717, 1.165) is 11.1 Å². The fourth-order valence-corrected chi connectivity index (χ4v) is 2.09. The summed E-state index contributed by atoms with van der Waals surface area (Å²) in [5, 5.41) is 20.4. The summed E-state index contributed by atoms with van der Waals surface area (Å²) in [6, 6.07) is 19.2. The fraction of sp³-hybridized carbons (Fsp3) is 0.222. The monoisotopic (exact) mass is 268 g/mol. The van der Waals surface area contributed by atoms with Crippen LogP contribution in [0.3, 0.4) is 0 Å². The van der Waals surface area contributed by atoms with Gasteiger partial charge >= 0.3 is 0 Å². The van der Waals surface area contributed by atoms with Gasteiger partial charge in [-0.2, -0.15) is 0 Å². The molecule has 0 fully saturated rings. The number of aliphatic hydroxyl groups excluding tert-OH is 2. The van der Waals surface area contributed by atoms with Crippen molar-refractivity contribution in [1.29, 1.82) is 0 Å². The summed E-state index contributed by atoms with van der Waals surface area (Å²) in [4.78, 5) is 0. The highest BCUT2D eigenvalue weighted by Crippen LogP contribution is 2.25. The molecule has 0 aliphatic carbocycles. The number of aliphatic hydroxyl groups is 2. The van der Waals surface area contributed by atoms with Gasteiger partial charge in [0.2, 0.25) is 0 Å². The molecule has 0 amide bonds. The first-order valence-corrected chi connectivity index (χ1v) is 6.83. The van der Waals surface area contributed by atoms with Crippen molar-refractivity contribution in [2.24, 2.45) is 5.92 Å². The average Bonchev–Trinajstić information content (AvgIpc) is 2.53. The van der Waals surface area contributed by atoms with E-state index in [2.05, 4.69) is 0 Å². The van der Waals surface area contributed by atoms with Crippen LogP contribution >= 0.6 is 0 Å². The number of hydrogen-bond acceptors (Lipinski definition) is 2. The smallest absolute Gasteiger partial charge is 0.0843 e. The van der Waals surface area contributed by atoms with Gasteiger partial charge in [0.05, 0.1) is 12.2 Å². The van der Waals surface area contributed by atoms with E-state index in [4.69, 9.17) is 0 Å². The van der Waals surface area contributed by atoms with Crippen molar-refractivity contribution in [2.45, 2.75) is 19.1 Å². The zero-order chi connectivity index (χ0) is 14.4. The van der Waals surface area contributed by atoms with Gasteiger partial charge in [0.25, 0.3) is 0 Å². The Hall–Kier alpha value is -1.90. The molecule has 0 bridgehead atoms. The van der Waals surface area contributed by atoms with Crippen molar-refractivity contribution < 1.29 is 10.2 Å². The molecule has 0 aliphatic heterocycles. The molecule has 0 aromatic heterocycles. The van der Waals surface area contributed by atoms with Crippen LogP contribution < -0.4 is 0 Å². The quantitative estimate of drug-likeness (QED) is 0.872. The van der Waals surface area contributed by atoms with Gasteiger partial charge in [-0.3, -0.25) is 0 Å². The molecule has 0 heterocycles. The highest BCUT2D eigenvalue weighted by atomic mass is 16.3. The van der Waals surface area contributed by atoms with Crippen LogP contribution in [-0.4, -0.2) is 16.3 Å². The molecule has 20 heavy (non-hydrogen) atoms. The van der Waals surface area contributed by atoms with Gasteiger partial charge in [-0.15, -0.1) is 0 Å². The third-order valence-electron chi connectivity index (χ3n) is 3.46. The topological polar surface area (TPSA) is 40.5 Å². The largest absolute Gasteiger partial charge is 0.389 e. The minimum Gasteiger partial charge on any atom is -0.389 e. The summed E-state index contributed by atoms with van der Waals surface area (Å²) in [7, 11) is 0. The van der Waals surface area contributed by atoms with Crippen molar-refractivity contribution in [1.82, 2.24) is 0 Å². The Balaban J connectivity index is 2.02. The maximum atomic E-state index is 10.3. The molecule has 2 aromatic carbocycles. The molecular weight excluding hydrogens is 248 g/mol. The van der Waals surface area contributed by atoms with Gasteiger partial charge in [0, 0.05) is 5.92 Å². The van der Waals surface area contributed by atoms with Crippen LogP contribution in [-0.2, 0) is 0 Å². The second-order valence-corrected chi connectivity index (χ2v) is 4.98. The lowest BCUT2D eigenvalue weighted by atomic mass is 9.92. The van der Waals surface area contributed by atoms with Crippen LogP contribution in [0.5, 0.6) is 0 Å². The summed E-state index contributed by atoms with van der Waals surface area (Å²) >= 11 is 0. The summed E-state index contributed by atoms with van der Waals surface area (Å²) in [5.41, 5.74) is 1.86. The van der Waals surface area contributed by atoms with Gasteiger partial charge in [-0.05, 0) is 11.1 Å². The molecule has 0 saturated carbocycles. The minimum absolute atomic E-state index is 0.266. The lowest BCUT2D eigenvalue weighted by Crippen LogP contribution is -2.22. The van der Waals surface area contributed by atoms with Crippen molar-refractivity contribution in [2.75, 3.05) is 0 Å². The number of hydrogen-bond donors (Lipinski definition) is 2. The third kappa shape index (κ3) is 3.80. The van der Waals surface area contributed by atoms with E-state index < -0.39 is 12.2 Å². The highest BCUT2D eigenvalue weighted by molar-refractivity contribution is 5.49. The van der Waals surface area contributed by atoms with Crippen molar-refractivity contribution >= 4 is 6.08 Å². The zero-order valence-electron chi connectivity index (χ0n) is 11.6. The lowest BCUT2D eigenvalue weighted by molar-refractivity contribution is 0.0447. The molecular formula is C18H20O2. The molecule has 0 spiro atoms. The maximum absolute atomic E-state index is 10.3. The molecule has 104 valence electrons. The SMILES string of the molecule is C[C@H]([C@@H](O)/C=C/c1ccccc1)[C@@H](O)c1ccccc1. The Morgan fingerprint density at radius 1 is 0.850 bits per heavy atom. The Kier molecular flexibility index (Phi) is 5.10. The summed E-state index contributed by atoms with van der Waals surface area (Å²) in [5.74, 6) is -0.266. The molecule has 2 heteroatoms. The van der Waals surface area contributed by atoms with E-state index in [1.165, 1.54) is 0 Å². The first kappa shape index (κ1) is 14.5. The Morgan fingerprint density at radius 3 is 2.00 bits per heavy atom. The van der Waals surface area contributed by atoms with E-state index >= 15 is 0 Å². The summed E-state index contributed by atoms with van der Waals surface area (Å²) < 4.78 is 0. The predicted octanol–water partition coefficient (Wildman–Crippen LogP) is 3.43. The molecule has 2 rings (SSSR count). The molecule has 0 saturated heterocycles. The minimum atomic E-state index is -0.689. The van der Waals surface area contributed by atoms with Crippen LogP contribution in [0, 0.1) is 5.92 Å². The molecule has 0 unspecified atom stereocenters. The molecule has 2 aromatic rings. The summed E-state index contributed by atoms with van der Waals surface area (Å²) in [6.07, 6.45) is 2.24. The molecule has 2 N–H and O–H groups in total. The van der Waals surface area contributed by atoms with Crippen molar-refractivity contribution in [3.05, 3.63) is 77.9 Å². The zero-order valence-corrected chi connectivity index (χ0v) is 11.6. The van der Waals surface area contributed by atoms with E-state index in [-0.39, 0.29) is 5.92 Å². The van der Waals surface area contributed by atoms with Gasteiger partial charge in [-0.1, -0.05) is 79.7 Å². The number of rotatable bonds is 5. The van der Waals surface area contributed by atoms with Crippen LogP contribution in [0.1, 0.15) is 24.2 Å². The van der Waals surface area contributed by atoms with Crippen molar-refractivity contribution in [3.8, 4) is 0 Å². The molecule has 3 atom stereocenters. The normalized spacial score (nSPS) is 15.9. The predicted molar refractivity (Wildman–Crippen MR) is 82.0 cm³/mol. The van der Waals surface area contributed by atoms with E-state index in [1.807, 2.05) is 73.7 Å². The Morgan fingerprint density at radius 2 is 1.40 bits per heavy atom. The van der Waals surface area contributed by atoms with E-state index in [0.29, 0.717) is 0 Å². The van der Waals surface area contributed by atoms with Gasteiger partial charge < -0.3 is 10.2 Å². The lowest BCUT2D eigenvalue weighted by Gasteiger charge is -2.22. The van der Waals surface area contributed by atoms with E-state index in [9.17, 15) is 10.2 Å². The molecule has 0 radical (unpaired) electrons. The van der Waals surface area contributed by atoms with Gasteiger partial charge in [-0.25, -0.2) is 0 Å². The second kappa shape index (κ2) is 7.04. The van der Waals surface area contributed by atoms with E-state index in [1.54, 1.807) is 6.08 Å². The van der Waals surface area contributed by atoms with Crippen LogP contribution in [0.25, 0.3) is 6.08 Å². The van der Waals surface area contributed by atoms with Crippen LogP contribution in [0.2, 0.25) is 0 Å². The highest BCUT2D eigenvalue weighted by Gasteiger charge is 2.21. The standard InChI is InChI=1S/C18H20O2/c1-14(18(20)16-10-6-3-7-11-16)17(19)13-12-15-8-4-2-5-9-15/h2-14,17-20H,1H3/b13-12+/t14-,17+,18-/m1/s1. The third-order valence-corrected chi connectivity index (χ3v) is 3.46. The first-order valence-electron chi connectivity index (χ1n) is 6.83. The second-order valence-electron chi connectivity index (χ2n) is 4.98. The van der Waals surface area contributed by atoms with Crippen molar-refractivity contribution in [3.63, 3.8) is 0 Å². The Labute approximate surface area is 120 Å². The van der Waals surface area contributed by atoms with Crippen LogP contribution in [0.15, 0.2) is 66.7 Å². The number of benzene rings is 2. The first-order chi connectivity index (χ1) is 9.68. The van der Waals surface area contributed by atoms with Crippen LogP contribution in [0.4, 0.5) is 0 Å². The molecule has 2 nitrogen and oxygen atoms in total. The Bertz CT molecular complexity index is 534. The van der Waals surface area contributed by atoms with Gasteiger partial charge in [0.1, 0.15) is 0 Å². The average molecular weight is 268 g/mol. The summed E-state index contributed by atoms with van der Waals surface area (Å²) in [6.45, 7) is 1.84. The maximum Gasteiger partial charge on any atom is 0.0843 e. The fourth-order valence-electron chi connectivity index (χ4n) is 2.09. The van der Waals surface area contributed by atoms with Gasteiger partial charge in [0.15, 0.2) is 0 Å².